The zero-order chi connectivity index (χ0) is 9.56. The molecule has 0 aliphatic heterocycles. The Morgan fingerprint density at radius 2 is 2.25 bits per heavy atom. The van der Waals surface area contributed by atoms with Crippen molar-refractivity contribution in [3.63, 3.8) is 0 Å². The Hall–Kier alpha value is -0.830. The molecule has 0 aromatic carbocycles. The van der Waals surface area contributed by atoms with Gasteiger partial charge in [-0.25, -0.2) is 0 Å². The van der Waals surface area contributed by atoms with Crippen LogP contribution in [0, 0.1) is 5.92 Å². The maximum atomic E-state index is 10.5. The van der Waals surface area contributed by atoms with Crippen LogP contribution in [0.5, 0.6) is 0 Å². The van der Waals surface area contributed by atoms with Gasteiger partial charge in [0.1, 0.15) is 5.92 Å². The Labute approximate surface area is 72.7 Å². The third kappa shape index (κ3) is 3.53. The molecule has 0 bridgehead atoms. The van der Waals surface area contributed by atoms with E-state index in [1.54, 1.807) is 0 Å². The zero-order valence-electron chi connectivity index (χ0n) is 7.29. The van der Waals surface area contributed by atoms with E-state index in [0.29, 0.717) is 6.42 Å². The van der Waals surface area contributed by atoms with E-state index < -0.39 is 12.1 Å². The van der Waals surface area contributed by atoms with E-state index in [4.69, 9.17) is 5.11 Å². The van der Waals surface area contributed by atoms with Gasteiger partial charge in [-0.2, -0.15) is 0 Å². The molecule has 0 heterocycles. The number of carboxylic acids is 1. The van der Waals surface area contributed by atoms with Crippen molar-refractivity contribution < 1.29 is 15.0 Å². The van der Waals surface area contributed by atoms with Crippen LogP contribution in [0.1, 0.15) is 26.2 Å². The van der Waals surface area contributed by atoms with Crippen LogP contribution in [0.15, 0.2) is 12.7 Å². The molecule has 3 heteroatoms. The van der Waals surface area contributed by atoms with Crippen molar-refractivity contribution in [1.29, 1.82) is 0 Å². The van der Waals surface area contributed by atoms with Gasteiger partial charge in [-0.05, 0) is 6.42 Å². The lowest BCUT2D eigenvalue weighted by molar-refractivity contribution is -0.135. The topological polar surface area (TPSA) is 57.5 Å². The molecule has 0 spiro atoms. The molecule has 1 radical (unpaired) electrons. The van der Waals surface area contributed by atoms with Crippen molar-refractivity contribution in [1.82, 2.24) is 0 Å². The summed E-state index contributed by atoms with van der Waals surface area (Å²) in [5.41, 5.74) is 0. The summed E-state index contributed by atoms with van der Waals surface area (Å²) in [4.78, 5) is 10.5. The molecular formula is C9H15O3. The summed E-state index contributed by atoms with van der Waals surface area (Å²) < 4.78 is 0. The summed E-state index contributed by atoms with van der Waals surface area (Å²) >= 11 is 0. The summed E-state index contributed by atoms with van der Waals surface area (Å²) in [5, 5.41) is 17.9. The highest BCUT2D eigenvalue weighted by Gasteiger charge is 2.23. The molecule has 69 valence electrons. The summed E-state index contributed by atoms with van der Waals surface area (Å²) in [6.45, 7) is 5.32. The molecule has 1 unspecified atom stereocenters. The van der Waals surface area contributed by atoms with Gasteiger partial charge in [0.25, 0.3) is 0 Å². The number of aliphatic carboxylic acids is 1. The second-order valence-corrected chi connectivity index (χ2v) is 2.62. The SMILES string of the molecule is C=C[C](C(=O)O)C(O)CCCC. The van der Waals surface area contributed by atoms with Crippen LogP contribution in [0.2, 0.25) is 0 Å². The first kappa shape index (κ1) is 11.2. The molecule has 0 aromatic heterocycles. The summed E-state index contributed by atoms with van der Waals surface area (Å²) in [6.07, 6.45) is 2.58. The number of unbranched alkanes of at least 4 members (excludes halogenated alkanes) is 1. The lowest BCUT2D eigenvalue weighted by atomic mass is 9.98. The number of carboxylic acid groups (broad SMARTS) is 1. The van der Waals surface area contributed by atoms with E-state index >= 15 is 0 Å². The van der Waals surface area contributed by atoms with Gasteiger partial charge in [0.15, 0.2) is 0 Å². The van der Waals surface area contributed by atoms with Crippen LogP contribution in [0.25, 0.3) is 0 Å². The molecule has 0 rings (SSSR count). The van der Waals surface area contributed by atoms with Gasteiger partial charge >= 0.3 is 5.97 Å². The van der Waals surface area contributed by atoms with Crippen LogP contribution in [-0.2, 0) is 4.79 Å². The fraction of sp³-hybridized carbons (Fsp3) is 0.556. The van der Waals surface area contributed by atoms with E-state index in [9.17, 15) is 9.90 Å². The van der Waals surface area contributed by atoms with Crippen LogP contribution >= 0.6 is 0 Å². The number of hydrogen-bond acceptors (Lipinski definition) is 2. The zero-order valence-corrected chi connectivity index (χ0v) is 7.29. The molecule has 0 aliphatic carbocycles. The molecule has 0 fully saturated rings. The lowest BCUT2D eigenvalue weighted by Crippen LogP contribution is -2.23. The van der Waals surface area contributed by atoms with Gasteiger partial charge in [-0.3, -0.25) is 4.79 Å². The summed E-state index contributed by atoms with van der Waals surface area (Å²) in [7, 11) is 0. The van der Waals surface area contributed by atoms with Gasteiger partial charge in [-0.15, -0.1) is 6.58 Å². The van der Waals surface area contributed by atoms with Crippen molar-refractivity contribution in [3.8, 4) is 0 Å². The number of aliphatic hydroxyl groups is 1. The number of hydrogen-bond donors (Lipinski definition) is 2. The van der Waals surface area contributed by atoms with E-state index in [2.05, 4.69) is 6.58 Å². The highest BCUT2D eigenvalue weighted by Crippen LogP contribution is 2.14. The predicted molar refractivity (Wildman–Crippen MR) is 46.6 cm³/mol. The smallest absolute Gasteiger partial charge is 0.317 e. The van der Waals surface area contributed by atoms with Gasteiger partial charge in [0.05, 0.1) is 6.10 Å². The van der Waals surface area contributed by atoms with Crippen molar-refractivity contribution in [3.05, 3.63) is 18.6 Å². The second-order valence-electron chi connectivity index (χ2n) is 2.62. The normalized spacial score (nSPS) is 12.9. The molecule has 0 saturated heterocycles. The highest BCUT2D eigenvalue weighted by atomic mass is 16.4. The first-order valence-corrected chi connectivity index (χ1v) is 4.04. The predicted octanol–water partition coefficient (Wildman–Crippen LogP) is 1.38. The molecule has 0 amide bonds. The minimum Gasteiger partial charge on any atom is -0.480 e. The Morgan fingerprint density at radius 1 is 1.67 bits per heavy atom. The van der Waals surface area contributed by atoms with Crippen LogP contribution in [0.3, 0.4) is 0 Å². The Kier molecular flexibility index (Phi) is 5.37. The minimum absolute atomic E-state index is 0.0107. The van der Waals surface area contributed by atoms with Gasteiger partial charge in [0, 0.05) is 0 Å². The lowest BCUT2D eigenvalue weighted by Gasteiger charge is -2.13. The average molecular weight is 171 g/mol. The van der Waals surface area contributed by atoms with Gasteiger partial charge in [-0.1, -0.05) is 25.8 Å². The van der Waals surface area contributed by atoms with Crippen LogP contribution in [0.4, 0.5) is 0 Å². The summed E-state index contributed by atoms with van der Waals surface area (Å²) in [6, 6.07) is 0. The molecule has 0 aromatic rings. The first-order chi connectivity index (χ1) is 5.63. The third-order valence-electron chi connectivity index (χ3n) is 1.66. The van der Waals surface area contributed by atoms with E-state index in [0.717, 1.165) is 12.8 Å². The van der Waals surface area contributed by atoms with E-state index in [1.807, 2.05) is 6.92 Å². The average Bonchev–Trinajstić information content (AvgIpc) is 2.01. The molecule has 0 saturated carbocycles. The van der Waals surface area contributed by atoms with Crippen molar-refractivity contribution >= 4 is 5.97 Å². The number of aliphatic hydroxyl groups excluding tert-OH is 1. The van der Waals surface area contributed by atoms with Crippen molar-refractivity contribution in [2.45, 2.75) is 32.3 Å². The van der Waals surface area contributed by atoms with Crippen molar-refractivity contribution in [2.24, 2.45) is 0 Å². The van der Waals surface area contributed by atoms with Gasteiger partial charge < -0.3 is 10.2 Å². The van der Waals surface area contributed by atoms with Crippen LogP contribution in [-0.4, -0.2) is 22.3 Å². The fourth-order valence-corrected chi connectivity index (χ4v) is 0.919. The monoisotopic (exact) mass is 171 g/mol. The Bertz CT molecular complexity index is 154. The number of carbonyl (C=O) groups is 1. The second kappa shape index (κ2) is 5.77. The molecule has 3 nitrogen and oxygen atoms in total. The van der Waals surface area contributed by atoms with Crippen LogP contribution < -0.4 is 0 Å². The largest absolute Gasteiger partial charge is 0.480 e. The molecular weight excluding hydrogens is 156 g/mol. The number of rotatable bonds is 6. The summed E-state index contributed by atoms with van der Waals surface area (Å²) in [5.74, 6) is -1.10. The Morgan fingerprint density at radius 3 is 2.58 bits per heavy atom. The van der Waals surface area contributed by atoms with E-state index in [-0.39, 0.29) is 5.92 Å². The standard InChI is InChI=1S/C9H15O3/c1-3-5-6-8(10)7(4-2)9(11)12/h4,8,10H,2-3,5-6H2,1H3,(H,11,12). The maximum Gasteiger partial charge on any atom is 0.317 e. The fourth-order valence-electron chi connectivity index (χ4n) is 0.919. The molecule has 1 atom stereocenters. The molecule has 12 heavy (non-hydrogen) atoms. The quantitative estimate of drug-likeness (QED) is 0.634. The van der Waals surface area contributed by atoms with Crippen molar-refractivity contribution in [2.75, 3.05) is 0 Å². The maximum absolute atomic E-state index is 10.5. The molecule has 0 aliphatic rings. The van der Waals surface area contributed by atoms with Gasteiger partial charge in [0.2, 0.25) is 0 Å². The Balaban J connectivity index is 3.93. The van der Waals surface area contributed by atoms with E-state index in [1.165, 1.54) is 6.08 Å². The third-order valence-corrected chi connectivity index (χ3v) is 1.66. The first-order valence-electron chi connectivity index (χ1n) is 4.04. The molecule has 2 N–H and O–H groups in total. The highest BCUT2D eigenvalue weighted by molar-refractivity contribution is 5.86. The minimum atomic E-state index is -1.09.